The van der Waals surface area contributed by atoms with Crippen LogP contribution in [0.4, 0.5) is 0 Å². The van der Waals surface area contributed by atoms with Crippen LogP contribution >= 0.6 is 0 Å². The first-order valence-corrected chi connectivity index (χ1v) is 12.1. The maximum atomic E-state index is 13.0. The predicted octanol–water partition coefficient (Wildman–Crippen LogP) is -3.31. The Bertz CT molecular complexity index is 1100. The molecule has 2 aromatic carbocycles. The van der Waals surface area contributed by atoms with Crippen LogP contribution in [0, 0.1) is 0 Å². The van der Waals surface area contributed by atoms with Crippen molar-refractivity contribution in [2.45, 2.75) is 61.4 Å². The number of rotatable bonds is 8. The first-order valence-electron chi connectivity index (χ1n) is 12.1. The Morgan fingerprint density at radius 1 is 0.625 bits per heavy atom. The van der Waals surface area contributed by atoms with Gasteiger partial charge in [0.1, 0.15) is 71.8 Å². The Kier molecular flexibility index (Phi) is 9.11. The number of hydrogen-bond donors (Lipinski definition) is 10. The molecule has 0 saturated carbocycles. The number of phenols is 2. The lowest BCUT2D eigenvalue weighted by Crippen LogP contribution is -2.60. The summed E-state index contributed by atoms with van der Waals surface area (Å²) in [6, 6.07) is 6.83. The minimum Gasteiger partial charge on any atom is -0.507 e. The van der Waals surface area contributed by atoms with Gasteiger partial charge in [0, 0.05) is 12.1 Å². The van der Waals surface area contributed by atoms with E-state index in [-0.39, 0.29) is 22.6 Å². The summed E-state index contributed by atoms with van der Waals surface area (Å²) in [7, 11) is 0. The Labute approximate surface area is 226 Å². The van der Waals surface area contributed by atoms with E-state index in [9.17, 15) is 55.9 Å². The van der Waals surface area contributed by atoms with E-state index in [0.717, 1.165) is 24.3 Å². The number of carbonyl (C=O) groups excluding carboxylic acids is 1. The molecule has 220 valence electrons. The molecule has 40 heavy (non-hydrogen) atoms. The van der Waals surface area contributed by atoms with E-state index >= 15 is 0 Å². The molecule has 0 aliphatic carbocycles. The first kappa shape index (κ1) is 29.9. The van der Waals surface area contributed by atoms with Crippen LogP contribution < -0.4 is 9.47 Å². The fourth-order valence-corrected chi connectivity index (χ4v) is 4.30. The van der Waals surface area contributed by atoms with E-state index in [0.29, 0.717) is 0 Å². The molecule has 0 spiro atoms. The van der Waals surface area contributed by atoms with Gasteiger partial charge in [0.15, 0.2) is 5.78 Å². The van der Waals surface area contributed by atoms with E-state index in [1.807, 2.05) is 0 Å². The molecule has 0 amide bonds. The van der Waals surface area contributed by atoms with Crippen molar-refractivity contribution in [2.75, 3.05) is 13.2 Å². The van der Waals surface area contributed by atoms with Gasteiger partial charge in [-0.25, -0.2) is 0 Å². The zero-order valence-corrected chi connectivity index (χ0v) is 20.7. The van der Waals surface area contributed by atoms with Crippen LogP contribution in [0.25, 0.3) is 0 Å². The molecule has 15 nitrogen and oxygen atoms in total. The van der Waals surface area contributed by atoms with Crippen LogP contribution in [-0.4, -0.2) is 131 Å². The molecule has 2 unspecified atom stereocenters. The molecule has 0 bridgehead atoms. The summed E-state index contributed by atoms with van der Waals surface area (Å²) in [6.45, 7) is -1.33. The smallest absolute Gasteiger partial charge is 0.229 e. The second kappa shape index (κ2) is 12.2. The summed E-state index contributed by atoms with van der Waals surface area (Å²) in [5.41, 5.74) is -0.502. The summed E-state index contributed by atoms with van der Waals surface area (Å²) in [5.74, 6) is -2.15. The van der Waals surface area contributed by atoms with Gasteiger partial charge >= 0.3 is 0 Å². The zero-order chi connectivity index (χ0) is 29.3. The van der Waals surface area contributed by atoms with Crippen molar-refractivity contribution in [1.82, 2.24) is 0 Å². The lowest BCUT2D eigenvalue weighted by molar-refractivity contribution is -0.277. The van der Waals surface area contributed by atoms with Crippen LogP contribution in [0.15, 0.2) is 36.4 Å². The number of aliphatic hydroxyl groups excluding tert-OH is 8. The number of ether oxygens (including phenoxy) is 4. The maximum absolute atomic E-state index is 13.0. The second-order valence-corrected chi connectivity index (χ2v) is 9.32. The highest BCUT2D eigenvalue weighted by Gasteiger charge is 2.46. The topological polar surface area (TPSA) is 256 Å². The van der Waals surface area contributed by atoms with Crippen LogP contribution in [-0.2, 0) is 9.47 Å². The highest BCUT2D eigenvalue weighted by atomic mass is 16.7. The third-order valence-corrected chi connectivity index (χ3v) is 6.63. The van der Waals surface area contributed by atoms with Gasteiger partial charge in [-0.2, -0.15) is 0 Å². The van der Waals surface area contributed by atoms with Gasteiger partial charge < -0.3 is 70.0 Å². The number of aromatic hydroxyl groups is 2. The van der Waals surface area contributed by atoms with Gasteiger partial charge in [0.25, 0.3) is 0 Å². The molecule has 2 saturated heterocycles. The number of carbonyl (C=O) groups is 1. The molecular weight excluding hydrogens is 540 g/mol. The quantitative estimate of drug-likeness (QED) is 0.139. The molecule has 10 N–H and O–H groups in total. The summed E-state index contributed by atoms with van der Waals surface area (Å²) in [6.07, 6.45) is -15.4. The number of phenolic OH excluding ortho intramolecular Hbond substituents is 2. The summed E-state index contributed by atoms with van der Waals surface area (Å²) >= 11 is 0. The fraction of sp³-hybridized carbons (Fsp3) is 0.480. The molecule has 4 rings (SSSR count). The normalized spacial score (nSPS) is 34.3. The van der Waals surface area contributed by atoms with Crippen molar-refractivity contribution < 1.29 is 74.8 Å². The van der Waals surface area contributed by atoms with Crippen molar-refractivity contribution in [3.05, 3.63) is 47.5 Å². The average molecular weight is 571 g/mol. The van der Waals surface area contributed by atoms with E-state index in [2.05, 4.69) is 0 Å². The van der Waals surface area contributed by atoms with Crippen molar-refractivity contribution in [2.24, 2.45) is 0 Å². The van der Waals surface area contributed by atoms with Gasteiger partial charge in [0.05, 0.1) is 24.3 Å². The predicted molar refractivity (Wildman–Crippen MR) is 128 cm³/mol. The monoisotopic (exact) mass is 570 g/mol. The van der Waals surface area contributed by atoms with Gasteiger partial charge in [-0.05, 0) is 24.3 Å². The summed E-state index contributed by atoms with van der Waals surface area (Å²) in [4.78, 5) is 13.0. The van der Waals surface area contributed by atoms with Gasteiger partial charge in [-0.3, -0.25) is 4.79 Å². The molecule has 2 aromatic rings. The Morgan fingerprint density at radius 2 is 1.00 bits per heavy atom. The van der Waals surface area contributed by atoms with Crippen LogP contribution in [0.3, 0.4) is 0 Å². The van der Waals surface area contributed by atoms with Gasteiger partial charge in [0.2, 0.25) is 12.6 Å². The molecule has 0 radical (unpaired) electrons. The summed E-state index contributed by atoms with van der Waals surface area (Å²) < 4.78 is 21.3. The largest absolute Gasteiger partial charge is 0.507 e. The van der Waals surface area contributed by atoms with Crippen LogP contribution in [0.1, 0.15) is 15.9 Å². The van der Waals surface area contributed by atoms with Gasteiger partial charge in [-0.15, -0.1) is 0 Å². The van der Waals surface area contributed by atoms with Gasteiger partial charge in [-0.1, -0.05) is 0 Å². The van der Waals surface area contributed by atoms with Crippen LogP contribution in [0.5, 0.6) is 23.0 Å². The standard InChI is InChI=1S/C25H30O15/c26-7-15-18(31)20(33)22(35)24(39-15)37-9-1-3-11(13(28)5-9)17(30)12-4-2-10(6-14(12)29)38-25-23(36)21(34)19(32)16(8-27)40-25/h1-6,15-16,18-29,31-36H,7-8H2/t15-,16-,18-,19-,20+,21+,22-,23-,24?,25?/m1/s1. The van der Waals surface area contributed by atoms with E-state index in [1.165, 1.54) is 12.1 Å². The summed E-state index contributed by atoms with van der Waals surface area (Å²) in [5, 5.41) is 99.2. The molecular formula is C25H30O15. The van der Waals surface area contributed by atoms with E-state index in [4.69, 9.17) is 18.9 Å². The molecule has 2 aliphatic rings. The lowest BCUT2D eigenvalue weighted by atomic mass is 9.99. The van der Waals surface area contributed by atoms with Crippen molar-refractivity contribution >= 4 is 5.78 Å². The van der Waals surface area contributed by atoms with Crippen molar-refractivity contribution in [1.29, 1.82) is 0 Å². The third kappa shape index (κ3) is 5.84. The second-order valence-electron chi connectivity index (χ2n) is 9.32. The minimum absolute atomic E-state index is 0.0918. The average Bonchev–Trinajstić information content (AvgIpc) is 2.93. The molecule has 10 atom stereocenters. The fourth-order valence-electron chi connectivity index (χ4n) is 4.30. The Balaban J connectivity index is 1.46. The molecule has 2 aliphatic heterocycles. The molecule has 15 heteroatoms. The lowest BCUT2D eigenvalue weighted by Gasteiger charge is -2.39. The highest BCUT2D eigenvalue weighted by molar-refractivity contribution is 6.12. The Morgan fingerprint density at radius 3 is 1.32 bits per heavy atom. The van der Waals surface area contributed by atoms with Crippen molar-refractivity contribution in [3.63, 3.8) is 0 Å². The van der Waals surface area contributed by atoms with E-state index < -0.39 is 91.9 Å². The van der Waals surface area contributed by atoms with Crippen molar-refractivity contribution in [3.8, 4) is 23.0 Å². The number of hydrogen-bond acceptors (Lipinski definition) is 15. The molecule has 2 heterocycles. The number of ketones is 1. The SMILES string of the molecule is O=C(c1ccc(OC2O[C@H](CO)[C@@H](O)[C@H](O)[C@H]2O)cc1O)c1ccc(OC2O[C@H](CO)[C@@H](O)[C@H](O)[C@H]2O)cc1O. The maximum Gasteiger partial charge on any atom is 0.229 e. The zero-order valence-electron chi connectivity index (χ0n) is 20.7. The number of aliphatic hydroxyl groups is 8. The molecule has 0 aromatic heterocycles. The van der Waals surface area contributed by atoms with Crippen LogP contribution in [0.2, 0.25) is 0 Å². The minimum atomic E-state index is -1.69. The number of benzene rings is 2. The highest BCUT2D eigenvalue weighted by Crippen LogP contribution is 2.33. The van der Waals surface area contributed by atoms with E-state index in [1.54, 1.807) is 0 Å². The first-order chi connectivity index (χ1) is 19.0. The molecule has 2 fully saturated rings. The Hall–Kier alpha value is -3.09. The third-order valence-electron chi connectivity index (χ3n) is 6.63.